The zero-order valence-electron chi connectivity index (χ0n) is 15.0. The molecule has 1 unspecified atom stereocenters. The van der Waals surface area contributed by atoms with E-state index in [1.165, 1.54) is 4.90 Å². The number of ether oxygens (including phenoxy) is 1. The SMILES string of the molecule is CCCCCCC(F)CN(CCCC[C@H](N)C(=O)O)C(=O)OCC. The van der Waals surface area contributed by atoms with Crippen LogP contribution < -0.4 is 5.73 Å². The first-order valence-electron chi connectivity index (χ1n) is 8.96. The van der Waals surface area contributed by atoms with Gasteiger partial charge in [-0.05, 0) is 32.6 Å². The number of aliphatic carboxylic acids is 1. The van der Waals surface area contributed by atoms with Gasteiger partial charge in [-0.1, -0.05) is 32.6 Å². The van der Waals surface area contributed by atoms with Gasteiger partial charge in [0, 0.05) is 6.54 Å². The van der Waals surface area contributed by atoms with Gasteiger partial charge in [0.2, 0.25) is 0 Å². The van der Waals surface area contributed by atoms with Crippen LogP contribution in [0.3, 0.4) is 0 Å². The summed E-state index contributed by atoms with van der Waals surface area (Å²) in [7, 11) is 0. The lowest BCUT2D eigenvalue weighted by Crippen LogP contribution is -2.37. The third kappa shape index (κ3) is 11.2. The molecule has 0 aliphatic rings. The fourth-order valence-electron chi connectivity index (χ4n) is 2.39. The van der Waals surface area contributed by atoms with Crippen LogP contribution in [0.5, 0.6) is 0 Å². The molecule has 0 spiro atoms. The molecule has 0 aromatic rings. The topological polar surface area (TPSA) is 92.9 Å². The Hall–Kier alpha value is -1.37. The molecule has 6 nitrogen and oxygen atoms in total. The van der Waals surface area contributed by atoms with Gasteiger partial charge < -0.3 is 20.5 Å². The third-order valence-electron chi connectivity index (χ3n) is 3.83. The highest BCUT2D eigenvalue weighted by molar-refractivity contribution is 5.72. The van der Waals surface area contributed by atoms with Crippen LogP contribution in [0.4, 0.5) is 9.18 Å². The minimum absolute atomic E-state index is 0.0238. The molecule has 0 aliphatic carbocycles. The number of nitrogens with two attached hydrogens (primary N) is 1. The molecule has 0 radical (unpaired) electrons. The summed E-state index contributed by atoms with van der Waals surface area (Å²) in [5, 5.41) is 8.73. The molecule has 142 valence electrons. The number of carbonyl (C=O) groups excluding carboxylic acids is 1. The lowest BCUT2D eigenvalue weighted by Gasteiger charge is -2.23. The number of nitrogens with zero attached hydrogens (tertiary/aromatic N) is 1. The first-order valence-corrected chi connectivity index (χ1v) is 8.96. The van der Waals surface area contributed by atoms with E-state index in [9.17, 15) is 14.0 Å². The summed E-state index contributed by atoms with van der Waals surface area (Å²) in [5.74, 6) is -1.03. The van der Waals surface area contributed by atoms with Crippen LogP contribution in [0.25, 0.3) is 0 Å². The smallest absolute Gasteiger partial charge is 0.409 e. The number of rotatable bonds is 14. The molecule has 0 aromatic heterocycles. The Kier molecular flexibility index (Phi) is 13.2. The van der Waals surface area contributed by atoms with E-state index < -0.39 is 24.3 Å². The molecule has 0 fully saturated rings. The third-order valence-corrected chi connectivity index (χ3v) is 3.83. The lowest BCUT2D eigenvalue weighted by atomic mass is 10.1. The highest BCUT2D eigenvalue weighted by atomic mass is 19.1. The highest BCUT2D eigenvalue weighted by Crippen LogP contribution is 2.12. The predicted molar refractivity (Wildman–Crippen MR) is 91.7 cm³/mol. The minimum Gasteiger partial charge on any atom is -0.480 e. The molecule has 2 atom stereocenters. The van der Waals surface area contributed by atoms with Gasteiger partial charge in [0.05, 0.1) is 13.2 Å². The maximum absolute atomic E-state index is 14.1. The van der Waals surface area contributed by atoms with Crippen molar-refractivity contribution in [2.75, 3.05) is 19.7 Å². The van der Waals surface area contributed by atoms with Crippen LogP contribution in [0.2, 0.25) is 0 Å². The van der Waals surface area contributed by atoms with Crippen molar-refractivity contribution in [2.45, 2.75) is 77.4 Å². The fraction of sp³-hybridized carbons (Fsp3) is 0.882. The number of carbonyl (C=O) groups is 2. The van der Waals surface area contributed by atoms with Gasteiger partial charge in [0.15, 0.2) is 0 Å². The zero-order valence-corrected chi connectivity index (χ0v) is 15.0. The fourth-order valence-corrected chi connectivity index (χ4v) is 2.39. The van der Waals surface area contributed by atoms with Crippen LogP contribution in [-0.4, -0.2) is 54.0 Å². The van der Waals surface area contributed by atoms with Gasteiger partial charge in [0.1, 0.15) is 12.2 Å². The number of alkyl halides is 1. The van der Waals surface area contributed by atoms with E-state index in [1.807, 2.05) is 0 Å². The van der Waals surface area contributed by atoms with Gasteiger partial charge in [-0.3, -0.25) is 4.79 Å². The molecule has 1 amide bonds. The standard InChI is InChI=1S/C17H33FN2O4/c1-3-5-6-7-10-14(18)13-20(17(23)24-4-2)12-9-8-11-15(19)16(21)22/h14-15H,3-13,19H2,1-2H3,(H,21,22)/t14?,15-/m0/s1. The highest BCUT2D eigenvalue weighted by Gasteiger charge is 2.19. The van der Waals surface area contributed by atoms with Crippen molar-refractivity contribution in [2.24, 2.45) is 5.73 Å². The molecule has 7 heteroatoms. The van der Waals surface area contributed by atoms with Crippen LogP contribution in [0, 0.1) is 0 Å². The van der Waals surface area contributed by atoms with E-state index in [0.717, 1.165) is 25.7 Å². The Balaban J connectivity index is 4.22. The summed E-state index contributed by atoms with van der Waals surface area (Å²) in [6.45, 7) is 4.43. The summed E-state index contributed by atoms with van der Waals surface area (Å²) in [5.41, 5.74) is 5.44. The Labute approximate surface area is 144 Å². The molecule has 0 rings (SSSR count). The average molecular weight is 348 g/mol. The zero-order chi connectivity index (χ0) is 18.4. The molecule has 0 heterocycles. The molecule has 0 aromatic carbocycles. The first kappa shape index (κ1) is 22.6. The van der Waals surface area contributed by atoms with Crippen molar-refractivity contribution >= 4 is 12.1 Å². The summed E-state index contributed by atoms with van der Waals surface area (Å²) < 4.78 is 19.0. The molecule has 0 bridgehead atoms. The van der Waals surface area contributed by atoms with Crippen LogP contribution in [0.15, 0.2) is 0 Å². The van der Waals surface area contributed by atoms with Crippen molar-refractivity contribution in [3.05, 3.63) is 0 Å². The number of hydrogen-bond acceptors (Lipinski definition) is 4. The van der Waals surface area contributed by atoms with E-state index in [-0.39, 0.29) is 13.2 Å². The maximum Gasteiger partial charge on any atom is 0.409 e. The molecule has 24 heavy (non-hydrogen) atoms. The maximum atomic E-state index is 14.1. The second-order valence-corrected chi connectivity index (χ2v) is 6.03. The van der Waals surface area contributed by atoms with Crippen LogP contribution in [0.1, 0.15) is 65.2 Å². The monoisotopic (exact) mass is 348 g/mol. The first-order chi connectivity index (χ1) is 11.4. The van der Waals surface area contributed by atoms with E-state index >= 15 is 0 Å². The number of amides is 1. The summed E-state index contributed by atoms with van der Waals surface area (Å²) >= 11 is 0. The van der Waals surface area contributed by atoms with Gasteiger partial charge in [0.25, 0.3) is 0 Å². The quantitative estimate of drug-likeness (QED) is 0.470. The number of unbranched alkanes of at least 4 members (excludes halogenated alkanes) is 4. The normalized spacial score (nSPS) is 13.3. The number of carboxylic acid groups (broad SMARTS) is 1. The summed E-state index contributed by atoms with van der Waals surface area (Å²) in [6.07, 6.45) is 4.36. The van der Waals surface area contributed by atoms with E-state index in [1.54, 1.807) is 6.92 Å². The van der Waals surface area contributed by atoms with Crippen LogP contribution >= 0.6 is 0 Å². The number of carboxylic acids is 1. The Bertz CT molecular complexity index is 355. The second kappa shape index (κ2) is 14.0. The average Bonchev–Trinajstić information content (AvgIpc) is 2.54. The molecular weight excluding hydrogens is 315 g/mol. The van der Waals surface area contributed by atoms with Crippen molar-refractivity contribution in [3.8, 4) is 0 Å². The molecular formula is C17H33FN2O4. The van der Waals surface area contributed by atoms with Crippen molar-refractivity contribution in [1.29, 1.82) is 0 Å². The van der Waals surface area contributed by atoms with Crippen LogP contribution in [-0.2, 0) is 9.53 Å². The predicted octanol–water partition coefficient (Wildman–Crippen LogP) is 3.34. The Morgan fingerprint density at radius 2 is 1.79 bits per heavy atom. The van der Waals surface area contributed by atoms with Crippen molar-refractivity contribution in [1.82, 2.24) is 4.90 Å². The molecule has 3 N–H and O–H groups in total. The number of hydrogen-bond donors (Lipinski definition) is 2. The lowest BCUT2D eigenvalue weighted by molar-refractivity contribution is -0.138. The summed E-state index contributed by atoms with van der Waals surface area (Å²) in [6, 6.07) is -0.895. The van der Waals surface area contributed by atoms with E-state index in [4.69, 9.17) is 15.6 Å². The minimum atomic E-state index is -1.06. The Morgan fingerprint density at radius 1 is 1.12 bits per heavy atom. The second-order valence-electron chi connectivity index (χ2n) is 6.03. The molecule has 0 aliphatic heterocycles. The summed E-state index contributed by atoms with van der Waals surface area (Å²) in [4.78, 5) is 23.9. The van der Waals surface area contributed by atoms with Gasteiger partial charge in [-0.25, -0.2) is 9.18 Å². The van der Waals surface area contributed by atoms with E-state index in [2.05, 4.69) is 6.92 Å². The van der Waals surface area contributed by atoms with Gasteiger partial charge >= 0.3 is 12.1 Å². The van der Waals surface area contributed by atoms with Gasteiger partial charge in [-0.15, -0.1) is 0 Å². The van der Waals surface area contributed by atoms with Crippen molar-refractivity contribution < 1.29 is 23.8 Å². The van der Waals surface area contributed by atoms with Crippen molar-refractivity contribution in [3.63, 3.8) is 0 Å². The number of halogens is 1. The largest absolute Gasteiger partial charge is 0.480 e. The molecule has 0 saturated heterocycles. The van der Waals surface area contributed by atoms with Gasteiger partial charge in [-0.2, -0.15) is 0 Å². The molecule has 0 saturated carbocycles. The van der Waals surface area contributed by atoms with E-state index in [0.29, 0.717) is 32.2 Å². The Morgan fingerprint density at radius 3 is 2.38 bits per heavy atom.